The first kappa shape index (κ1) is 20.8. The number of carbonyl (C=O) groups is 1. The number of benzene rings is 2. The maximum absolute atomic E-state index is 13.3. The number of furan rings is 1. The number of amides is 1. The fourth-order valence-electron chi connectivity index (χ4n) is 3.89. The summed E-state index contributed by atoms with van der Waals surface area (Å²) < 4.78 is 13.2. The third kappa shape index (κ3) is 4.28. The highest BCUT2D eigenvalue weighted by Gasteiger charge is 2.23. The first-order chi connectivity index (χ1) is 15.7. The van der Waals surface area contributed by atoms with Crippen LogP contribution in [0.4, 0.5) is 0 Å². The summed E-state index contributed by atoms with van der Waals surface area (Å²) in [5.74, 6) is 0.0421. The number of rotatable bonds is 7. The van der Waals surface area contributed by atoms with Gasteiger partial charge in [0.05, 0.1) is 18.4 Å². The lowest BCUT2D eigenvalue weighted by Crippen LogP contribution is -2.29. The van der Waals surface area contributed by atoms with Crippen molar-refractivity contribution in [3.05, 3.63) is 70.5 Å². The molecule has 1 amide bonds. The molecule has 1 atom stereocenters. The Labute approximate surface area is 188 Å². The van der Waals surface area contributed by atoms with E-state index in [4.69, 9.17) is 14.1 Å². The molecule has 1 aliphatic rings. The molecular formula is C24H23N3O4S. The Hall–Kier alpha value is -3.10. The molecule has 3 heterocycles. The van der Waals surface area contributed by atoms with Gasteiger partial charge in [-0.1, -0.05) is 54.2 Å². The van der Waals surface area contributed by atoms with Crippen LogP contribution in [0.25, 0.3) is 22.1 Å². The van der Waals surface area contributed by atoms with E-state index >= 15 is 0 Å². The summed E-state index contributed by atoms with van der Waals surface area (Å²) in [5.41, 5.74) is 2.18. The highest BCUT2D eigenvalue weighted by atomic mass is 32.2. The van der Waals surface area contributed by atoms with E-state index in [1.165, 1.54) is 11.8 Å². The largest absolute Gasteiger partial charge is 0.448 e. The summed E-state index contributed by atoms with van der Waals surface area (Å²) in [6.07, 6.45) is 1.83. The summed E-state index contributed by atoms with van der Waals surface area (Å²) in [6.45, 7) is 1.55. The monoisotopic (exact) mass is 449 g/mol. The van der Waals surface area contributed by atoms with E-state index in [0.29, 0.717) is 36.0 Å². The Bertz CT molecular complexity index is 1310. The second-order valence-electron chi connectivity index (χ2n) is 7.77. The zero-order valence-electron chi connectivity index (χ0n) is 17.5. The minimum atomic E-state index is -0.242. The lowest BCUT2D eigenvalue weighted by Gasteiger charge is -2.15. The van der Waals surface area contributed by atoms with Gasteiger partial charge in [-0.3, -0.25) is 14.2 Å². The van der Waals surface area contributed by atoms with Gasteiger partial charge in [-0.05, 0) is 30.5 Å². The van der Waals surface area contributed by atoms with Gasteiger partial charge in [0.25, 0.3) is 5.56 Å². The van der Waals surface area contributed by atoms with E-state index in [9.17, 15) is 9.59 Å². The van der Waals surface area contributed by atoms with Crippen molar-refractivity contribution in [2.75, 3.05) is 12.4 Å². The first-order valence-corrected chi connectivity index (χ1v) is 11.6. The molecule has 2 aromatic heterocycles. The Kier molecular flexibility index (Phi) is 5.96. The molecule has 0 saturated carbocycles. The van der Waals surface area contributed by atoms with Crippen molar-refractivity contribution in [1.29, 1.82) is 0 Å². The fraction of sp³-hybridized carbons (Fsp3) is 0.292. The molecule has 164 valence electrons. The fourth-order valence-corrected chi connectivity index (χ4v) is 4.73. The molecule has 7 nitrogen and oxygen atoms in total. The van der Waals surface area contributed by atoms with Gasteiger partial charge in [0.2, 0.25) is 11.5 Å². The number of hydrogen-bond donors (Lipinski definition) is 1. The molecule has 0 bridgehead atoms. The zero-order valence-corrected chi connectivity index (χ0v) is 18.3. The van der Waals surface area contributed by atoms with Crippen molar-refractivity contribution in [1.82, 2.24) is 14.9 Å². The molecule has 32 heavy (non-hydrogen) atoms. The minimum Gasteiger partial charge on any atom is -0.448 e. The number of nitrogens with one attached hydrogen (secondary N) is 1. The molecule has 2 aromatic carbocycles. The van der Waals surface area contributed by atoms with Crippen LogP contribution in [-0.4, -0.2) is 33.9 Å². The number of fused-ring (bicyclic) bond motifs is 3. The third-order valence-corrected chi connectivity index (χ3v) is 6.50. The number of ether oxygens (including phenoxy) is 1. The second kappa shape index (κ2) is 9.18. The lowest BCUT2D eigenvalue weighted by atomic mass is 10.2. The summed E-state index contributed by atoms with van der Waals surface area (Å²) in [6, 6.07) is 17.2. The molecule has 1 saturated heterocycles. The molecule has 8 heteroatoms. The highest BCUT2D eigenvalue weighted by molar-refractivity contribution is 7.99. The maximum Gasteiger partial charge on any atom is 0.297 e. The molecule has 0 aliphatic carbocycles. The number of para-hydroxylation sites is 1. The smallest absolute Gasteiger partial charge is 0.297 e. The van der Waals surface area contributed by atoms with Crippen LogP contribution in [0.1, 0.15) is 18.4 Å². The molecule has 1 N–H and O–H groups in total. The van der Waals surface area contributed by atoms with Gasteiger partial charge in [0, 0.05) is 18.5 Å². The van der Waals surface area contributed by atoms with Gasteiger partial charge in [0.15, 0.2) is 5.16 Å². The van der Waals surface area contributed by atoms with E-state index in [2.05, 4.69) is 5.32 Å². The predicted octanol–water partition coefficient (Wildman–Crippen LogP) is 3.73. The number of nitrogens with zero attached hydrogens (tertiary/aromatic N) is 2. The lowest BCUT2D eigenvalue weighted by molar-refractivity contribution is -0.118. The maximum atomic E-state index is 13.3. The Morgan fingerprint density at radius 3 is 2.78 bits per heavy atom. The normalized spacial score (nSPS) is 16.1. The number of hydrogen-bond acceptors (Lipinski definition) is 6. The van der Waals surface area contributed by atoms with Gasteiger partial charge >= 0.3 is 0 Å². The van der Waals surface area contributed by atoms with Crippen molar-refractivity contribution in [2.45, 2.75) is 37.2 Å². The summed E-state index contributed by atoms with van der Waals surface area (Å²) in [7, 11) is 0. The standard InChI is InChI=1S/C24H23N3O4S/c28-20(25-13-16-7-2-1-3-8-16)15-32-24-26-21-18-10-4-5-11-19(18)31-22(21)23(29)27(24)14-17-9-6-12-30-17/h1-5,7-8,10-11,17H,6,9,12-15H2,(H,25,28)/t17-/m1/s1. The van der Waals surface area contributed by atoms with E-state index in [1.54, 1.807) is 4.57 Å². The van der Waals surface area contributed by atoms with Crippen LogP contribution in [0.2, 0.25) is 0 Å². The van der Waals surface area contributed by atoms with Crippen LogP contribution in [0, 0.1) is 0 Å². The zero-order chi connectivity index (χ0) is 21.9. The van der Waals surface area contributed by atoms with Crippen LogP contribution in [-0.2, 0) is 22.6 Å². The molecule has 5 rings (SSSR count). The van der Waals surface area contributed by atoms with Crippen molar-refractivity contribution in [2.24, 2.45) is 0 Å². The predicted molar refractivity (Wildman–Crippen MR) is 124 cm³/mol. The van der Waals surface area contributed by atoms with Crippen molar-refractivity contribution >= 4 is 39.7 Å². The topological polar surface area (TPSA) is 86.4 Å². The van der Waals surface area contributed by atoms with Crippen molar-refractivity contribution < 1.29 is 13.9 Å². The minimum absolute atomic E-state index is 0.0393. The molecule has 1 fully saturated rings. The van der Waals surface area contributed by atoms with E-state index in [1.807, 2.05) is 54.6 Å². The average Bonchev–Trinajstić information content (AvgIpc) is 3.47. The van der Waals surface area contributed by atoms with Gasteiger partial charge in [-0.15, -0.1) is 0 Å². The Balaban J connectivity index is 1.42. The molecule has 0 spiro atoms. The molecule has 0 radical (unpaired) electrons. The van der Waals surface area contributed by atoms with Crippen LogP contribution in [0.5, 0.6) is 0 Å². The second-order valence-corrected chi connectivity index (χ2v) is 8.71. The van der Waals surface area contributed by atoms with E-state index < -0.39 is 0 Å². The molecular weight excluding hydrogens is 426 g/mol. The quantitative estimate of drug-likeness (QED) is 0.342. The van der Waals surface area contributed by atoms with Gasteiger partial charge in [-0.2, -0.15) is 0 Å². The Morgan fingerprint density at radius 2 is 1.97 bits per heavy atom. The number of aromatic nitrogens is 2. The van der Waals surface area contributed by atoms with Crippen molar-refractivity contribution in [3.63, 3.8) is 0 Å². The first-order valence-electron chi connectivity index (χ1n) is 10.7. The number of thioether (sulfide) groups is 1. The van der Waals surface area contributed by atoms with Gasteiger partial charge < -0.3 is 14.5 Å². The summed E-state index contributed by atoms with van der Waals surface area (Å²) in [4.78, 5) is 30.5. The van der Waals surface area contributed by atoms with Crippen molar-refractivity contribution in [3.8, 4) is 0 Å². The number of carbonyl (C=O) groups excluding carboxylic acids is 1. The average molecular weight is 450 g/mol. The highest BCUT2D eigenvalue weighted by Crippen LogP contribution is 2.28. The van der Waals surface area contributed by atoms with Crippen LogP contribution >= 0.6 is 11.8 Å². The summed E-state index contributed by atoms with van der Waals surface area (Å²) in [5, 5.41) is 4.21. The van der Waals surface area contributed by atoms with Crippen LogP contribution in [0.15, 0.2) is 69.0 Å². The molecule has 0 unspecified atom stereocenters. The molecule has 4 aromatic rings. The van der Waals surface area contributed by atoms with Crippen LogP contribution < -0.4 is 10.9 Å². The SMILES string of the molecule is O=C(CSc1nc2c(oc3ccccc32)c(=O)n1C[C@H]1CCCO1)NCc1ccccc1. The summed E-state index contributed by atoms with van der Waals surface area (Å²) >= 11 is 1.26. The Morgan fingerprint density at radius 1 is 1.16 bits per heavy atom. The van der Waals surface area contributed by atoms with Gasteiger partial charge in [-0.25, -0.2) is 4.98 Å². The van der Waals surface area contributed by atoms with E-state index in [0.717, 1.165) is 23.8 Å². The van der Waals surface area contributed by atoms with Gasteiger partial charge in [0.1, 0.15) is 11.1 Å². The van der Waals surface area contributed by atoms with Crippen LogP contribution in [0.3, 0.4) is 0 Å². The van der Waals surface area contributed by atoms with E-state index in [-0.39, 0.29) is 28.9 Å². The molecule has 1 aliphatic heterocycles. The third-order valence-electron chi connectivity index (χ3n) is 5.52.